The second-order valence-corrected chi connectivity index (χ2v) is 6.12. The smallest absolute Gasteiger partial charge is 0.227 e. The maximum atomic E-state index is 12.7. The highest BCUT2D eigenvalue weighted by molar-refractivity contribution is 5.79. The van der Waals surface area contributed by atoms with Crippen molar-refractivity contribution in [2.75, 3.05) is 6.54 Å². The van der Waals surface area contributed by atoms with Crippen molar-refractivity contribution in [3.63, 3.8) is 0 Å². The second kappa shape index (κ2) is 6.84. The van der Waals surface area contributed by atoms with Crippen LogP contribution in [-0.2, 0) is 11.3 Å². The van der Waals surface area contributed by atoms with E-state index in [2.05, 4.69) is 18.8 Å². The number of carbonyl (C=O) groups excluding carboxylic acids is 1. The van der Waals surface area contributed by atoms with Crippen LogP contribution in [0.4, 0.5) is 0 Å². The Bertz CT molecular complexity index is 429. The van der Waals surface area contributed by atoms with Gasteiger partial charge in [-0.2, -0.15) is 0 Å². The van der Waals surface area contributed by atoms with Crippen molar-refractivity contribution in [2.45, 2.75) is 45.7 Å². The van der Waals surface area contributed by atoms with Gasteiger partial charge < -0.3 is 10.6 Å². The van der Waals surface area contributed by atoms with E-state index in [0.717, 1.165) is 24.8 Å². The first-order chi connectivity index (χ1) is 9.61. The molecule has 1 aliphatic rings. The highest BCUT2D eigenvalue weighted by Gasteiger charge is 2.35. The van der Waals surface area contributed by atoms with Crippen LogP contribution in [0.15, 0.2) is 24.5 Å². The molecule has 110 valence electrons. The van der Waals surface area contributed by atoms with Crippen LogP contribution in [0.2, 0.25) is 0 Å². The predicted octanol–water partition coefficient (Wildman–Crippen LogP) is 2.19. The number of aromatic nitrogens is 1. The van der Waals surface area contributed by atoms with Crippen molar-refractivity contribution in [1.29, 1.82) is 0 Å². The molecule has 1 aromatic heterocycles. The third-order valence-electron chi connectivity index (χ3n) is 3.74. The predicted molar refractivity (Wildman–Crippen MR) is 79.8 cm³/mol. The summed E-state index contributed by atoms with van der Waals surface area (Å²) in [5, 5.41) is 0. The van der Waals surface area contributed by atoms with E-state index < -0.39 is 0 Å². The third-order valence-corrected chi connectivity index (χ3v) is 3.74. The SMILES string of the molecule is CC(C)CC(CN)C(=O)N(Cc1cccnc1)C1CC1. The quantitative estimate of drug-likeness (QED) is 0.830. The zero-order valence-corrected chi connectivity index (χ0v) is 12.5. The number of rotatable bonds is 7. The molecular weight excluding hydrogens is 250 g/mol. The summed E-state index contributed by atoms with van der Waals surface area (Å²) in [6.07, 6.45) is 6.69. The lowest BCUT2D eigenvalue weighted by Crippen LogP contribution is -2.40. The monoisotopic (exact) mass is 275 g/mol. The lowest BCUT2D eigenvalue weighted by Gasteiger charge is -2.27. The van der Waals surface area contributed by atoms with Gasteiger partial charge in [0.05, 0.1) is 5.92 Å². The fourth-order valence-corrected chi connectivity index (χ4v) is 2.56. The summed E-state index contributed by atoms with van der Waals surface area (Å²) in [5.41, 5.74) is 6.90. The fourth-order valence-electron chi connectivity index (χ4n) is 2.56. The molecule has 0 bridgehead atoms. The molecule has 2 N–H and O–H groups in total. The van der Waals surface area contributed by atoms with Crippen LogP contribution in [0, 0.1) is 11.8 Å². The minimum Gasteiger partial charge on any atom is -0.335 e. The molecule has 1 aliphatic carbocycles. The van der Waals surface area contributed by atoms with Gasteiger partial charge in [0.2, 0.25) is 5.91 Å². The van der Waals surface area contributed by atoms with Crippen molar-refractivity contribution >= 4 is 5.91 Å². The Morgan fingerprint density at radius 3 is 2.75 bits per heavy atom. The van der Waals surface area contributed by atoms with Crippen LogP contribution in [0.3, 0.4) is 0 Å². The van der Waals surface area contributed by atoms with Gasteiger partial charge in [-0.25, -0.2) is 0 Å². The van der Waals surface area contributed by atoms with Crippen LogP contribution < -0.4 is 5.73 Å². The first-order valence-electron chi connectivity index (χ1n) is 7.51. The molecule has 20 heavy (non-hydrogen) atoms. The van der Waals surface area contributed by atoms with Gasteiger partial charge in [0, 0.05) is 31.5 Å². The van der Waals surface area contributed by atoms with Crippen molar-refractivity contribution < 1.29 is 4.79 Å². The van der Waals surface area contributed by atoms with Gasteiger partial charge in [-0.05, 0) is 36.8 Å². The number of amides is 1. The number of hydrogen-bond donors (Lipinski definition) is 1. The molecule has 1 amide bonds. The molecule has 4 nitrogen and oxygen atoms in total. The summed E-state index contributed by atoms with van der Waals surface area (Å²) < 4.78 is 0. The third kappa shape index (κ3) is 4.04. The molecule has 1 heterocycles. The van der Waals surface area contributed by atoms with E-state index in [-0.39, 0.29) is 11.8 Å². The van der Waals surface area contributed by atoms with Gasteiger partial charge in [0.25, 0.3) is 0 Å². The minimum absolute atomic E-state index is 0.0488. The maximum Gasteiger partial charge on any atom is 0.227 e. The van der Waals surface area contributed by atoms with Crippen LogP contribution in [0.1, 0.15) is 38.7 Å². The van der Waals surface area contributed by atoms with Gasteiger partial charge in [-0.1, -0.05) is 19.9 Å². The normalized spacial score (nSPS) is 16.2. The van der Waals surface area contributed by atoms with Crippen molar-refractivity contribution in [2.24, 2.45) is 17.6 Å². The standard InChI is InChI=1S/C16H25N3O/c1-12(2)8-14(9-17)16(20)19(15-5-6-15)11-13-4-3-7-18-10-13/h3-4,7,10,12,14-15H,5-6,8-9,11,17H2,1-2H3. The lowest BCUT2D eigenvalue weighted by molar-refractivity contribution is -0.137. The van der Waals surface area contributed by atoms with E-state index in [4.69, 9.17) is 5.73 Å². The molecule has 1 atom stereocenters. The first-order valence-corrected chi connectivity index (χ1v) is 7.51. The first kappa shape index (κ1) is 15.0. The molecule has 2 rings (SSSR count). The highest BCUT2D eigenvalue weighted by Crippen LogP contribution is 2.30. The van der Waals surface area contributed by atoms with Crippen molar-refractivity contribution in [3.05, 3.63) is 30.1 Å². The summed E-state index contributed by atoms with van der Waals surface area (Å²) in [6.45, 7) is 5.37. The Balaban J connectivity index is 2.05. The molecule has 1 aromatic rings. The van der Waals surface area contributed by atoms with E-state index in [9.17, 15) is 4.79 Å². The molecular formula is C16H25N3O. The zero-order chi connectivity index (χ0) is 14.5. The number of nitrogens with zero attached hydrogens (tertiary/aromatic N) is 2. The molecule has 0 saturated heterocycles. The van der Waals surface area contributed by atoms with Gasteiger partial charge in [0.1, 0.15) is 0 Å². The Morgan fingerprint density at radius 1 is 1.50 bits per heavy atom. The highest BCUT2D eigenvalue weighted by atomic mass is 16.2. The number of carbonyl (C=O) groups is 1. The minimum atomic E-state index is -0.0488. The lowest BCUT2D eigenvalue weighted by atomic mass is 9.95. The largest absolute Gasteiger partial charge is 0.335 e. The zero-order valence-electron chi connectivity index (χ0n) is 12.5. The van der Waals surface area contributed by atoms with Gasteiger partial charge >= 0.3 is 0 Å². The molecule has 0 aromatic carbocycles. The summed E-state index contributed by atoms with van der Waals surface area (Å²) >= 11 is 0. The van der Waals surface area contributed by atoms with E-state index in [1.807, 2.05) is 23.2 Å². The molecule has 1 fully saturated rings. The van der Waals surface area contributed by atoms with Crippen molar-refractivity contribution in [3.8, 4) is 0 Å². The molecule has 0 spiro atoms. The summed E-state index contributed by atoms with van der Waals surface area (Å²) in [7, 11) is 0. The summed E-state index contributed by atoms with van der Waals surface area (Å²) in [4.78, 5) is 18.9. The molecule has 1 saturated carbocycles. The fraction of sp³-hybridized carbons (Fsp3) is 0.625. The van der Waals surface area contributed by atoms with Crippen LogP contribution in [0.25, 0.3) is 0 Å². The van der Waals surface area contributed by atoms with Gasteiger partial charge in [-0.15, -0.1) is 0 Å². The average molecular weight is 275 g/mol. The number of pyridine rings is 1. The van der Waals surface area contributed by atoms with E-state index >= 15 is 0 Å². The topological polar surface area (TPSA) is 59.2 Å². The number of hydrogen-bond acceptors (Lipinski definition) is 3. The van der Waals surface area contributed by atoms with E-state index in [1.54, 1.807) is 6.20 Å². The van der Waals surface area contributed by atoms with Gasteiger partial charge in [0.15, 0.2) is 0 Å². The number of nitrogens with two attached hydrogens (primary N) is 1. The van der Waals surface area contributed by atoms with E-state index in [1.165, 1.54) is 0 Å². The second-order valence-electron chi connectivity index (χ2n) is 6.12. The Labute approximate surface area is 121 Å². The maximum absolute atomic E-state index is 12.7. The molecule has 0 aliphatic heterocycles. The van der Waals surface area contributed by atoms with Crippen LogP contribution in [-0.4, -0.2) is 28.4 Å². The average Bonchev–Trinajstić information content (AvgIpc) is 3.27. The Morgan fingerprint density at radius 2 is 2.25 bits per heavy atom. The summed E-state index contributed by atoms with van der Waals surface area (Å²) in [6, 6.07) is 4.35. The molecule has 0 radical (unpaired) electrons. The van der Waals surface area contributed by atoms with E-state index in [0.29, 0.717) is 25.0 Å². The van der Waals surface area contributed by atoms with Crippen LogP contribution >= 0.6 is 0 Å². The molecule has 1 unspecified atom stereocenters. The summed E-state index contributed by atoms with van der Waals surface area (Å²) in [5.74, 6) is 0.659. The van der Waals surface area contributed by atoms with Gasteiger partial charge in [-0.3, -0.25) is 9.78 Å². The Kier molecular flexibility index (Phi) is 5.12. The van der Waals surface area contributed by atoms with Crippen molar-refractivity contribution in [1.82, 2.24) is 9.88 Å². The van der Waals surface area contributed by atoms with Crippen LogP contribution in [0.5, 0.6) is 0 Å². The Hall–Kier alpha value is -1.42. The molecule has 4 heteroatoms.